The van der Waals surface area contributed by atoms with Crippen LogP contribution in [0.3, 0.4) is 0 Å². The average molecular weight is 351 g/mol. The summed E-state index contributed by atoms with van der Waals surface area (Å²) in [4.78, 5) is 30.7. The van der Waals surface area contributed by atoms with E-state index >= 15 is 0 Å². The molecule has 1 fully saturated rings. The SMILES string of the molecule is O=C(c1cccnn1)N1CCC(C(=O)O)(n2cnc3ccccc32)CC1. The number of imidazole rings is 1. The maximum Gasteiger partial charge on any atom is 0.330 e. The number of hydrogen-bond acceptors (Lipinski definition) is 5. The molecule has 1 aromatic carbocycles. The van der Waals surface area contributed by atoms with Crippen molar-refractivity contribution in [3.63, 3.8) is 0 Å². The summed E-state index contributed by atoms with van der Waals surface area (Å²) in [6, 6.07) is 10.7. The summed E-state index contributed by atoms with van der Waals surface area (Å²) in [5, 5.41) is 17.6. The number of carboxylic acid groups (broad SMARTS) is 1. The zero-order chi connectivity index (χ0) is 18.1. The summed E-state index contributed by atoms with van der Waals surface area (Å²) in [7, 11) is 0. The number of benzene rings is 1. The molecule has 1 amide bonds. The summed E-state index contributed by atoms with van der Waals surface area (Å²) in [6.07, 6.45) is 3.69. The first-order valence-electron chi connectivity index (χ1n) is 8.35. The molecule has 1 N–H and O–H groups in total. The third-order valence-electron chi connectivity index (χ3n) is 4.98. The van der Waals surface area contributed by atoms with Crippen molar-refractivity contribution in [3.05, 3.63) is 54.6 Å². The molecule has 26 heavy (non-hydrogen) atoms. The highest BCUT2D eigenvalue weighted by molar-refractivity contribution is 5.92. The van der Waals surface area contributed by atoms with Crippen LogP contribution in [0.1, 0.15) is 23.3 Å². The van der Waals surface area contributed by atoms with Gasteiger partial charge in [0.15, 0.2) is 5.69 Å². The molecule has 0 unspecified atom stereocenters. The first-order valence-corrected chi connectivity index (χ1v) is 8.35. The quantitative estimate of drug-likeness (QED) is 0.768. The molecule has 4 rings (SSSR count). The van der Waals surface area contributed by atoms with Crippen molar-refractivity contribution >= 4 is 22.9 Å². The van der Waals surface area contributed by atoms with Gasteiger partial charge in [-0.15, -0.1) is 5.10 Å². The van der Waals surface area contributed by atoms with Gasteiger partial charge in [-0.3, -0.25) is 4.79 Å². The number of hydrogen-bond donors (Lipinski definition) is 1. The fourth-order valence-electron chi connectivity index (χ4n) is 3.52. The van der Waals surface area contributed by atoms with Crippen LogP contribution in [0, 0.1) is 0 Å². The van der Waals surface area contributed by atoms with Crippen LogP contribution in [0.25, 0.3) is 11.0 Å². The van der Waals surface area contributed by atoms with Gasteiger partial charge in [0.2, 0.25) is 0 Å². The molecule has 0 radical (unpaired) electrons. The molecule has 0 atom stereocenters. The lowest BCUT2D eigenvalue weighted by Crippen LogP contribution is -2.52. The van der Waals surface area contributed by atoms with Gasteiger partial charge in [0.05, 0.1) is 17.4 Å². The first-order chi connectivity index (χ1) is 12.6. The second-order valence-corrected chi connectivity index (χ2v) is 6.34. The normalized spacial score (nSPS) is 16.5. The maximum atomic E-state index is 12.5. The van der Waals surface area contributed by atoms with Gasteiger partial charge >= 0.3 is 5.97 Å². The Kier molecular flexibility index (Phi) is 3.87. The van der Waals surface area contributed by atoms with Crippen molar-refractivity contribution in [1.29, 1.82) is 0 Å². The summed E-state index contributed by atoms with van der Waals surface area (Å²) < 4.78 is 1.73. The lowest BCUT2D eigenvalue weighted by molar-refractivity contribution is -0.149. The Labute approximate surface area is 149 Å². The van der Waals surface area contributed by atoms with Crippen molar-refractivity contribution in [2.24, 2.45) is 0 Å². The molecule has 3 heterocycles. The number of fused-ring (bicyclic) bond motifs is 1. The molecule has 132 valence electrons. The van der Waals surface area contributed by atoms with Crippen LogP contribution in [0.15, 0.2) is 48.9 Å². The zero-order valence-corrected chi connectivity index (χ0v) is 13.9. The van der Waals surface area contributed by atoms with Gasteiger partial charge in [-0.25, -0.2) is 9.78 Å². The molecule has 0 aliphatic carbocycles. The van der Waals surface area contributed by atoms with Crippen molar-refractivity contribution < 1.29 is 14.7 Å². The number of aromatic nitrogens is 4. The first kappa shape index (κ1) is 16.2. The van der Waals surface area contributed by atoms with E-state index in [4.69, 9.17) is 0 Å². The third kappa shape index (κ3) is 2.50. The van der Waals surface area contributed by atoms with Gasteiger partial charge in [0, 0.05) is 19.3 Å². The summed E-state index contributed by atoms with van der Waals surface area (Å²) in [5.41, 5.74) is 0.688. The Morgan fingerprint density at radius 1 is 1.08 bits per heavy atom. The van der Waals surface area contributed by atoms with E-state index in [0.717, 1.165) is 11.0 Å². The number of carbonyl (C=O) groups is 2. The van der Waals surface area contributed by atoms with Crippen molar-refractivity contribution in [3.8, 4) is 0 Å². The highest BCUT2D eigenvalue weighted by atomic mass is 16.4. The van der Waals surface area contributed by atoms with Crippen molar-refractivity contribution in [2.45, 2.75) is 18.4 Å². The summed E-state index contributed by atoms with van der Waals surface area (Å²) in [6.45, 7) is 0.655. The lowest BCUT2D eigenvalue weighted by atomic mass is 9.86. The second-order valence-electron chi connectivity index (χ2n) is 6.34. The van der Waals surface area contributed by atoms with Gasteiger partial charge in [-0.1, -0.05) is 12.1 Å². The number of para-hydroxylation sites is 2. The minimum absolute atomic E-state index is 0.229. The van der Waals surface area contributed by atoms with E-state index in [1.54, 1.807) is 27.9 Å². The van der Waals surface area contributed by atoms with Crippen LogP contribution in [0.5, 0.6) is 0 Å². The van der Waals surface area contributed by atoms with Crippen molar-refractivity contribution in [2.75, 3.05) is 13.1 Å². The number of carbonyl (C=O) groups excluding carboxylic acids is 1. The summed E-state index contributed by atoms with van der Waals surface area (Å²) in [5.74, 6) is -1.14. The Hall–Kier alpha value is -3.29. The molecular formula is C18H17N5O3. The number of likely N-dealkylation sites (tertiary alicyclic amines) is 1. The fraction of sp³-hybridized carbons (Fsp3) is 0.278. The predicted molar refractivity (Wildman–Crippen MR) is 92.5 cm³/mol. The molecule has 0 saturated carbocycles. The minimum atomic E-state index is -1.12. The van der Waals surface area contributed by atoms with Crippen LogP contribution in [0.4, 0.5) is 0 Å². The van der Waals surface area contributed by atoms with Crippen LogP contribution in [0.2, 0.25) is 0 Å². The van der Waals surface area contributed by atoms with Crippen LogP contribution in [-0.4, -0.2) is 54.7 Å². The summed E-state index contributed by atoms with van der Waals surface area (Å²) >= 11 is 0. The number of carboxylic acids is 1. The Morgan fingerprint density at radius 3 is 2.54 bits per heavy atom. The molecule has 0 spiro atoms. The Bertz CT molecular complexity index is 961. The van der Waals surface area contributed by atoms with E-state index in [-0.39, 0.29) is 11.6 Å². The number of rotatable bonds is 3. The molecule has 0 bridgehead atoms. The van der Waals surface area contributed by atoms with Crippen LogP contribution >= 0.6 is 0 Å². The smallest absolute Gasteiger partial charge is 0.330 e. The molecule has 1 aliphatic rings. The maximum absolute atomic E-state index is 12.5. The molecular weight excluding hydrogens is 334 g/mol. The Morgan fingerprint density at radius 2 is 1.85 bits per heavy atom. The van der Waals surface area contributed by atoms with Gasteiger partial charge in [0.25, 0.3) is 5.91 Å². The molecule has 2 aromatic heterocycles. The monoisotopic (exact) mass is 351 g/mol. The van der Waals surface area contributed by atoms with Gasteiger partial charge < -0.3 is 14.6 Å². The van der Waals surface area contributed by atoms with E-state index in [1.165, 1.54) is 6.20 Å². The fourth-order valence-corrected chi connectivity index (χ4v) is 3.52. The highest BCUT2D eigenvalue weighted by Gasteiger charge is 2.45. The lowest BCUT2D eigenvalue weighted by Gasteiger charge is -2.39. The molecule has 1 aliphatic heterocycles. The van der Waals surface area contributed by atoms with Gasteiger partial charge in [0.1, 0.15) is 5.54 Å². The minimum Gasteiger partial charge on any atom is -0.479 e. The number of amides is 1. The standard InChI is InChI=1S/C18H17N5O3/c24-16(14-5-3-9-20-21-14)22-10-7-18(8-11-22,17(25)26)23-12-19-13-4-1-2-6-15(13)23/h1-6,9,12H,7-8,10-11H2,(H,25,26). The second kappa shape index (κ2) is 6.21. The zero-order valence-electron chi connectivity index (χ0n) is 13.9. The number of aliphatic carboxylic acids is 1. The van der Waals surface area contributed by atoms with Gasteiger partial charge in [-0.05, 0) is 37.1 Å². The molecule has 8 heteroatoms. The molecule has 3 aromatic rings. The van der Waals surface area contributed by atoms with Crippen LogP contribution < -0.4 is 0 Å². The van der Waals surface area contributed by atoms with E-state index in [1.807, 2.05) is 24.3 Å². The van der Waals surface area contributed by atoms with E-state index < -0.39 is 11.5 Å². The predicted octanol–water partition coefficient (Wildman–Crippen LogP) is 1.54. The van der Waals surface area contributed by atoms with E-state index in [2.05, 4.69) is 15.2 Å². The molecule has 1 saturated heterocycles. The topological polar surface area (TPSA) is 101 Å². The van der Waals surface area contributed by atoms with E-state index in [0.29, 0.717) is 25.9 Å². The van der Waals surface area contributed by atoms with Gasteiger partial charge in [-0.2, -0.15) is 5.10 Å². The van der Waals surface area contributed by atoms with Crippen molar-refractivity contribution in [1.82, 2.24) is 24.6 Å². The largest absolute Gasteiger partial charge is 0.479 e. The van der Waals surface area contributed by atoms with E-state index in [9.17, 15) is 14.7 Å². The average Bonchev–Trinajstić information content (AvgIpc) is 3.12. The van der Waals surface area contributed by atoms with Crippen LogP contribution in [-0.2, 0) is 10.3 Å². The molecule has 8 nitrogen and oxygen atoms in total. The third-order valence-corrected chi connectivity index (χ3v) is 4.98. The Balaban J connectivity index is 1.62. The highest BCUT2D eigenvalue weighted by Crippen LogP contribution is 2.34. The number of nitrogens with zero attached hydrogens (tertiary/aromatic N) is 5. The number of piperidine rings is 1.